The summed E-state index contributed by atoms with van der Waals surface area (Å²) in [6.07, 6.45) is 2.24. The van der Waals surface area contributed by atoms with E-state index in [1.54, 1.807) is 6.20 Å². The van der Waals surface area contributed by atoms with Gasteiger partial charge >= 0.3 is 0 Å². The molecule has 0 aliphatic carbocycles. The number of rotatable bonds is 1. The Morgan fingerprint density at radius 2 is 2.00 bits per heavy atom. The van der Waals surface area contributed by atoms with Crippen molar-refractivity contribution >= 4 is 11.5 Å². The Kier molecular flexibility index (Phi) is 3.01. The van der Waals surface area contributed by atoms with Crippen molar-refractivity contribution < 1.29 is 4.74 Å². The number of nitrogens with zero attached hydrogens (tertiary/aromatic N) is 2. The lowest BCUT2D eigenvalue weighted by Crippen LogP contribution is -2.45. The van der Waals surface area contributed by atoms with Crippen LogP contribution in [0.15, 0.2) is 12.3 Å². The monoisotopic (exact) mass is 221 g/mol. The van der Waals surface area contributed by atoms with Crippen LogP contribution in [0.1, 0.15) is 19.4 Å². The predicted octanol–water partition coefficient (Wildman–Crippen LogP) is 1.59. The first kappa shape index (κ1) is 11.2. The van der Waals surface area contributed by atoms with E-state index in [1.165, 1.54) is 0 Å². The van der Waals surface area contributed by atoms with Gasteiger partial charge in [0.25, 0.3) is 0 Å². The molecule has 88 valence electrons. The normalized spacial score (nSPS) is 25.8. The number of pyridine rings is 1. The van der Waals surface area contributed by atoms with E-state index in [4.69, 9.17) is 10.5 Å². The van der Waals surface area contributed by atoms with Crippen molar-refractivity contribution in [1.82, 2.24) is 4.98 Å². The van der Waals surface area contributed by atoms with E-state index < -0.39 is 0 Å². The number of nitrogens with two attached hydrogens (primary N) is 1. The molecule has 0 saturated carbocycles. The Bertz CT molecular complexity index is 371. The van der Waals surface area contributed by atoms with Crippen molar-refractivity contribution in [3.05, 3.63) is 17.8 Å². The number of morpholine rings is 1. The Morgan fingerprint density at radius 1 is 1.38 bits per heavy atom. The van der Waals surface area contributed by atoms with Gasteiger partial charge < -0.3 is 15.4 Å². The van der Waals surface area contributed by atoms with E-state index >= 15 is 0 Å². The van der Waals surface area contributed by atoms with Gasteiger partial charge in [0.05, 0.1) is 24.1 Å². The first-order chi connectivity index (χ1) is 7.56. The molecule has 1 fully saturated rings. The highest BCUT2D eigenvalue weighted by Gasteiger charge is 2.23. The van der Waals surface area contributed by atoms with Gasteiger partial charge in [-0.15, -0.1) is 0 Å². The van der Waals surface area contributed by atoms with E-state index in [9.17, 15) is 0 Å². The number of ether oxygens (including phenoxy) is 1. The molecule has 0 radical (unpaired) electrons. The Labute approximate surface area is 96.4 Å². The lowest BCUT2D eigenvalue weighted by Gasteiger charge is -2.36. The van der Waals surface area contributed by atoms with Crippen molar-refractivity contribution in [3.63, 3.8) is 0 Å². The minimum atomic E-state index is 0.253. The summed E-state index contributed by atoms with van der Waals surface area (Å²) in [5, 5.41) is 0. The Hall–Kier alpha value is -1.29. The van der Waals surface area contributed by atoms with Gasteiger partial charge in [-0.3, -0.25) is 0 Å². The second-order valence-corrected chi connectivity index (χ2v) is 4.56. The number of anilines is 2. The summed E-state index contributed by atoms with van der Waals surface area (Å²) in [4.78, 5) is 6.63. The van der Waals surface area contributed by atoms with Crippen LogP contribution in [0.5, 0.6) is 0 Å². The van der Waals surface area contributed by atoms with E-state index in [2.05, 4.69) is 23.7 Å². The zero-order chi connectivity index (χ0) is 11.7. The van der Waals surface area contributed by atoms with Crippen molar-refractivity contribution in [1.29, 1.82) is 0 Å². The lowest BCUT2D eigenvalue weighted by molar-refractivity contribution is -0.00545. The van der Waals surface area contributed by atoms with E-state index in [-0.39, 0.29) is 12.2 Å². The fraction of sp³-hybridized carbons (Fsp3) is 0.583. The summed E-state index contributed by atoms with van der Waals surface area (Å²) in [5.74, 6) is 0.994. The summed E-state index contributed by atoms with van der Waals surface area (Å²) < 4.78 is 5.70. The summed E-state index contributed by atoms with van der Waals surface area (Å²) in [5.41, 5.74) is 7.60. The van der Waals surface area contributed by atoms with Crippen LogP contribution in [0.2, 0.25) is 0 Å². The van der Waals surface area contributed by atoms with Crippen molar-refractivity contribution in [3.8, 4) is 0 Å². The van der Waals surface area contributed by atoms with Crippen LogP contribution in [0.3, 0.4) is 0 Å². The fourth-order valence-corrected chi connectivity index (χ4v) is 2.09. The largest absolute Gasteiger partial charge is 0.397 e. The molecule has 0 unspecified atom stereocenters. The third-order valence-corrected chi connectivity index (χ3v) is 2.88. The molecular weight excluding hydrogens is 202 g/mol. The summed E-state index contributed by atoms with van der Waals surface area (Å²) >= 11 is 0. The third-order valence-electron chi connectivity index (χ3n) is 2.88. The van der Waals surface area contributed by atoms with Crippen LogP contribution >= 0.6 is 0 Å². The molecule has 1 aromatic heterocycles. The van der Waals surface area contributed by atoms with Crippen LogP contribution in [0.25, 0.3) is 0 Å². The molecule has 2 N–H and O–H groups in total. The minimum absolute atomic E-state index is 0.253. The molecule has 1 aliphatic rings. The Morgan fingerprint density at radius 3 is 2.56 bits per heavy atom. The highest BCUT2D eigenvalue weighted by molar-refractivity contribution is 5.52. The average Bonchev–Trinajstić information content (AvgIpc) is 2.20. The number of hydrogen-bond donors (Lipinski definition) is 1. The van der Waals surface area contributed by atoms with Gasteiger partial charge in [-0.2, -0.15) is 0 Å². The van der Waals surface area contributed by atoms with Gasteiger partial charge in [-0.05, 0) is 32.4 Å². The number of aromatic nitrogens is 1. The first-order valence-corrected chi connectivity index (χ1v) is 5.69. The van der Waals surface area contributed by atoms with Crippen molar-refractivity contribution in [2.75, 3.05) is 23.7 Å². The van der Waals surface area contributed by atoms with Gasteiger partial charge in [-0.25, -0.2) is 4.98 Å². The molecule has 1 saturated heterocycles. The molecule has 4 nitrogen and oxygen atoms in total. The molecule has 4 heteroatoms. The molecule has 2 heterocycles. The number of nitrogen functional groups attached to an aromatic ring is 1. The Balaban J connectivity index is 2.19. The molecule has 1 aromatic rings. The molecule has 1 aliphatic heterocycles. The molecule has 0 amide bonds. The van der Waals surface area contributed by atoms with Gasteiger partial charge in [0, 0.05) is 13.1 Å². The first-order valence-electron chi connectivity index (χ1n) is 5.69. The smallest absolute Gasteiger partial charge is 0.129 e. The van der Waals surface area contributed by atoms with Crippen molar-refractivity contribution in [2.24, 2.45) is 0 Å². The van der Waals surface area contributed by atoms with E-state index in [0.29, 0.717) is 0 Å². The summed E-state index contributed by atoms with van der Waals surface area (Å²) in [6, 6.07) is 2.04. The van der Waals surface area contributed by atoms with Gasteiger partial charge in [0.1, 0.15) is 5.82 Å². The number of aryl methyl sites for hydroxylation is 1. The zero-order valence-electron chi connectivity index (χ0n) is 10.1. The van der Waals surface area contributed by atoms with Gasteiger partial charge in [0.2, 0.25) is 0 Å². The predicted molar refractivity (Wildman–Crippen MR) is 65.6 cm³/mol. The lowest BCUT2D eigenvalue weighted by atomic mass is 10.2. The minimum Gasteiger partial charge on any atom is -0.397 e. The SMILES string of the molecule is Cc1cc(N2C[C@@H](C)O[C@@H](C)C2)ncc1N. The van der Waals surface area contributed by atoms with E-state index in [0.717, 1.165) is 30.2 Å². The zero-order valence-corrected chi connectivity index (χ0v) is 10.1. The van der Waals surface area contributed by atoms with Gasteiger partial charge in [-0.1, -0.05) is 0 Å². The van der Waals surface area contributed by atoms with E-state index in [1.807, 2.05) is 13.0 Å². The second kappa shape index (κ2) is 4.29. The molecule has 2 rings (SSSR count). The molecule has 16 heavy (non-hydrogen) atoms. The highest BCUT2D eigenvalue weighted by atomic mass is 16.5. The maximum atomic E-state index is 5.77. The maximum Gasteiger partial charge on any atom is 0.129 e. The molecule has 0 spiro atoms. The quantitative estimate of drug-likeness (QED) is 0.782. The highest BCUT2D eigenvalue weighted by Crippen LogP contribution is 2.21. The topological polar surface area (TPSA) is 51.4 Å². The molecular formula is C12H19N3O. The third kappa shape index (κ3) is 2.27. The summed E-state index contributed by atoms with van der Waals surface area (Å²) in [6.45, 7) is 7.97. The fourth-order valence-electron chi connectivity index (χ4n) is 2.09. The standard InChI is InChI=1S/C12H19N3O/c1-8-4-12(14-5-11(8)13)15-6-9(2)16-10(3)7-15/h4-5,9-10H,6-7,13H2,1-3H3/t9-,10+. The van der Waals surface area contributed by atoms with Crippen LogP contribution in [0.4, 0.5) is 11.5 Å². The van der Waals surface area contributed by atoms with Crippen LogP contribution in [-0.2, 0) is 4.74 Å². The van der Waals surface area contributed by atoms with Gasteiger partial charge in [0.15, 0.2) is 0 Å². The van der Waals surface area contributed by atoms with Crippen LogP contribution in [-0.4, -0.2) is 30.3 Å². The van der Waals surface area contributed by atoms with Crippen molar-refractivity contribution in [2.45, 2.75) is 33.0 Å². The molecule has 0 aromatic carbocycles. The summed E-state index contributed by atoms with van der Waals surface area (Å²) in [7, 11) is 0. The average molecular weight is 221 g/mol. The number of hydrogen-bond acceptors (Lipinski definition) is 4. The van der Waals surface area contributed by atoms with Crippen LogP contribution in [0, 0.1) is 6.92 Å². The molecule has 0 bridgehead atoms. The second-order valence-electron chi connectivity index (χ2n) is 4.56. The maximum absolute atomic E-state index is 5.77. The molecule has 2 atom stereocenters. The van der Waals surface area contributed by atoms with Crippen LogP contribution < -0.4 is 10.6 Å².